The third-order valence-corrected chi connectivity index (χ3v) is 9.37. The van der Waals surface area contributed by atoms with Gasteiger partial charge in [0.25, 0.3) is 0 Å². The van der Waals surface area contributed by atoms with Crippen molar-refractivity contribution in [2.45, 2.75) is 78.1 Å². The van der Waals surface area contributed by atoms with Gasteiger partial charge in [-0.1, -0.05) is 86.5 Å². The summed E-state index contributed by atoms with van der Waals surface area (Å²) in [5.74, 6) is 1.76. The van der Waals surface area contributed by atoms with Gasteiger partial charge >= 0.3 is 0 Å². The summed E-state index contributed by atoms with van der Waals surface area (Å²) in [6.45, 7) is 13.1. The van der Waals surface area contributed by atoms with Crippen LogP contribution in [0, 0.1) is 18.8 Å². The van der Waals surface area contributed by atoms with Crippen LogP contribution in [-0.2, 0) is 5.41 Å². The SMILES string of the molecule is C=C1CCC(C)=C1c1ccc2cc(-c3ccc(C)c(C45CC=C6C(CC6C4)C5)c3)ccc2c1.CCC. The van der Waals surface area contributed by atoms with Crippen LogP contribution >= 0.6 is 0 Å². The normalized spacial score (nSPS) is 26.0. The van der Waals surface area contributed by atoms with Crippen molar-refractivity contribution >= 4 is 16.3 Å². The van der Waals surface area contributed by atoms with E-state index in [0.29, 0.717) is 5.41 Å². The standard InChI is InChI=1S/C33H32.C3H8/c1-20-6-7-26(17-31(20)33-13-12-30-28(18-33)16-29(30)19-33)24-8-9-25-15-27(11-10-23(25)14-24)32-21(2)4-5-22(32)3;1-3-2/h6-12,14-15,17,28-29H,2,4-5,13,16,18-19H2,1,3H3;3H2,1-2H3. The van der Waals surface area contributed by atoms with Gasteiger partial charge in [-0.15, -0.1) is 0 Å². The van der Waals surface area contributed by atoms with Crippen molar-refractivity contribution in [3.63, 3.8) is 0 Å². The lowest BCUT2D eigenvalue weighted by Crippen LogP contribution is -2.49. The molecule has 3 fully saturated rings. The zero-order chi connectivity index (χ0) is 25.0. The van der Waals surface area contributed by atoms with Gasteiger partial charge < -0.3 is 0 Å². The first kappa shape index (κ1) is 23.5. The van der Waals surface area contributed by atoms with E-state index in [1.54, 1.807) is 11.1 Å². The summed E-state index contributed by atoms with van der Waals surface area (Å²) < 4.78 is 0. The Morgan fingerprint density at radius 3 is 2.06 bits per heavy atom. The number of hydrogen-bond acceptors (Lipinski definition) is 0. The third kappa shape index (κ3) is 3.73. The number of hydrogen-bond donors (Lipinski definition) is 0. The largest absolute Gasteiger partial charge is 0.0952 e. The Hall–Kier alpha value is -2.86. The fraction of sp³-hybridized carbons (Fsp3) is 0.389. The van der Waals surface area contributed by atoms with Crippen molar-refractivity contribution in [3.05, 3.63) is 101 Å². The smallest absolute Gasteiger partial charge is 0.000178 e. The fourth-order valence-electron chi connectivity index (χ4n) is 7.65. The topological polar surface area (TPSA) is 0 Å². The van der Waals surface area contributed by atoms with Crippen LogP contribution in [0.3, 0.4) is 0 Å². The molecule has 9 rings (SSSR count). The molecule has 2 atom stereocenters. The molecule has 0 aromatic heterocycles. The van der Waals surface area contributed by atoms with Gasteiger partial charge in [0.2, 0.25) is 0 Å². The first-order valence-corrected chi connectivity index (χ1v) is 14.2. The minimum Gasteiger partial charge on any atom is -0.0952 e. The molecular weight excluding hydrogens is 432 g/mol. The third-order valence-electron chi connectivity index (χ3n) is 9.37. The number of allylic oxidation sites excluding steroid dienone is 5. The number of aryl methyl sites for hydroxylation is 1. The van der Waals surface area contributed by atoms with Crippen LogP contribution in [-0.4, -0.2) is 0 Å². The molecule has 0 heteroatoms. The molecule has 0 N–H and O–H groups in total. The average Bonchev–Trinajstić information content (AvgIpc) is 3.22. The Morgan fingerprint density at radius 1 is 0.806 bits per heavy atom. The highest BCUT2D eigenvalue weighted by atomic mass is 14.6. The van der Waals surface area contributed by atoms with Gasteiger partial charge in [0.15, 0.2) is 0 Å². The molecular formula is C36H40. The van der Waals surface area contributed by atoms with Crippen molar-refractivity contribution in [1.82, 2.24) is 0 Å². The molecule has 2 unspecified atom stereocenters. The Morgan fingerprint density at radius 2 is 1.42 bits per heavy atom. The molecule has 6 aliphatic rings. The summed E-state index contributed by atoms with van der Waals surface area (Å²) in [7, 11) is 0. The summed E-state index contributed by atoms with van der Waals surface area (Å²) in [4.78, 5) is 0. The zero-order valence-electron chi connectivity index (χ0n) is 22.6. The minimum atomic E-state index is 0.385. The first-order valence-electron chi connectivity index (χ1n) is 14.2. The van der Waals surface area contributed by atoms with Gasteiger partial charge in [-0.05, 0) is 126 Å². The van der Waals surface area contributed by atoms with E-state index in [1.807, 2.05) is 0 Å². The molecule has 0 amide bonds. The van der Waals surface area contributed by atoms with Crippen molar-refractivity contribution in [3.8, 4) is 11.1 Å². The molecule has 0 aliphatic heterocycles. The average molecular weight is 473 g/mol. The molecule has 6 aliphatic carbocycles. The lowest BCUT2D eigenvalue weighted by molar-refractivity contribution is 0.0974. The van der Waals surface area contributed by atoms with Gasteiger partial charge in [-0.2, -0.15) is 0 Å². The summed E-state index contributed by atoms with van der Waals surface area (Å²) in [6.07, 6.45) is 11.6. The van der Waals surface area contributed by atoms with Crippen molar-refractivity contribution in [2.75, 3.05) is 0 Å². The van der Waals surface area contributed by atoms with Crippen LogP contribution in [0.25, 0.3) is 27.5 Å². The molecule has 0 radical (unpaired) electrons. The summed E-state index contributed by atoms with van der Waals surface area (Å²) >= 11 is 0. The van der Waals surface area contributed by atoms with E-state index in [0.717, 1.165) is 24.7 Å². The van der Waals surface area contributed by atoms with E-state index in [9.17, 15) is 0 Å². The minimum absolute atomic E-state index is 0.385. The second-order valence-corrected chi connectivity index (χ2v) is 12.0. The highest BCUT2D eigenvalue weighted by molar-refractivity contribution is 5.93. The maximum Gasteiger partial charge on any atom is 0.000178 e. The highest BCUT2D eigenvalue weighted by Crippen LogP contribution is 2.63. The summed E-state index contributed by atoms with van der Waals surface area (Å²) in [5, 5.41) is 2.64. The van der Waals surface area contributed by atoms with Gasteiger partial charge in [-0.3, -0.25) is 0 Å². The maximum absolute atomic E-state index is 4.31. The Bertz CT molecular complexity index is 1410. The van der Waals surface area contributed by atoms with Gasteiger partial charge in [-0.25, -0.2) is 0 Å². The predicted molar refractivity (Wildman–Crippen MR) is 156 cm³/mol. The van der Waals surface area contributed by atoms with Gasteiger partial charge in [0, 0.05) is 5.41 Å². The van der Waals surface area contributed by atoms with E-state index < -0.39 is 0 Å². The van der Waals surface area contributed by atoms with Crippen LogP contribution in [0.1, 0.15) is 82.4 Å². The maximum atomic E-state index is 4.31. The Kier molecular flexibility index (Phi) is 5.83. The molecule has 0 spiro atoms. The summed E-state index contributed by atoms with van der Waals surface area (Å²) in [5.41, 5.74) is 13.5. The van der Waals surface area contributed by atoms with E-state index in [2.05, 4.69) is 94.9 Å². The second kappa shape index (κ2) is 8.91. The molecule has 4 bridgehead atoms. The zero-order valence-corrected chi connectivity index (χ0v) is 22.6. The summed E-state index contributed by atoms with van der Waals surface area (Å²) in [6, 6.07) is 21.2. The molecule has 0 heterocycles. The fourth-order valence-corrected chi connectivity index (χ4v) is 7.65. The van der Waals surface area contributed by atoms with Crippen LogP contribution in [0.15, 0.2) is 84.0 Å². The molecule has 3 aromatic carbocycles. The van der Waals surface area contributed by atoms with Crippen molar-refractivity contribution < 1.29 is 0 Å². The number of benzene rings is 3. The molecule has 0 nitrogen and oxygen atoms in total. The lowest BCUT2D eigenvalue weighted by atomic mass is 9.46. The van der Waals surface area contributed by atoms with E-state index in [-0.39, 0.29) is 0 Å². The van der Waals surface area contributed by atoms with Crippen molar-refractivity contribution in [1.29, 1.82) is 0 Å². The lowest BCUT2D eigenvalue weighted by Gasteiger charge is -2.58. The monoisotopic (exact) mass is 472 g/mol. The second-order valence-electron chi connectivity index (χ2n) is 12.0. The number of rotatable bonds is 3. The molecule has 184 valence electrons. The predicted octanol–water partition coefficient (Wildman–Crippen LogP) is 10.4. The highest BCUT2D eigenvalue weighted by Gasteiger charge is 2.53. The van der Waals surface area contributed by atoms with Crippen LogP contribution in [0.4, 0.5) is 0 Å². The first-order chi connectivity index (χ1) is 17.4. The van der Waals surface area contributed by atoms with Crippen molar-refractivity contribution in [2.24, 2.45) is 11.8 Å². The van der Waals surface area contributed by atoms with Crippen LogP contribution in [0.5, 0.6) is 0 Å². The quantitative estimate of drug-likeness (QED) is 0.333. The molecule has 36 heavy (non-hydrogen) atoms. The van der Waals surface area contributed by atoms with Crippen LogP contribution < -0.4 is 0 Å². The van der Waals surface area contributed by atoms with E-state index >= 15 is 0 Å². The molecule has 0 saturated heterocycles. The Labute approximate surface area is 217 Å². The van der Waals surface area contributed by atoms with E-state index in [1.165, 1.54) is 81.8 Å². The van der Waals surface area contributed by atoms with Gasteiger partial charge in [0.05, 0.1) is 0 Å². The molecule has 3 aromatic rings. The van der Waals surface area contributed by atoms with E-state index in [4.69, 9.17) is 0 Å². The van der Waals surface area contributed by atoms with Gasteiger partial charge in [0.1, 0.15) is 0 Å². The van der Waals surface area contributed by atoms with Crippen LogP contribution in [0.2, 0.25) is 0 Å². The molecule has 3 saturated carbocycles. The number of fused-ring (bicyclic) bond motifs is 2. The Balaban J connectivity index is 0.000000765.